The minimum absolute atomic E-state index is 0.00274. The van der Waals surface area contributed by atoms with Crippen molar-refractivity contribution in [2.75, 3.05) is 13.7 Å². The van der Waals surface area contributed by atoms with Crippen LogP contribution in [0.2, 0.25) is 0 Å². The molecule has 5 nitrogen and oxygen atoms in total. The van der Waals surface area contributed by atoms with Gasteiger partial charge in [-0.25, -0.2) is 4.39 Å². The number of nitrogens with two attached hydrogens (primary N) is 1. The maximum absolute atomic E-state index is 13.6. The Morgan fingerprint density at radius 2 is 2.35 bits per heavy atom. The van der Waals surface area contributed by atoms with Gasteiger partial charge in [0.05, 0.1) is 19.3 Å². The first-order valence-electron chi connectivity index (χ1n) is 6.63. The van der Waals surface area contributed by atoms with Gasteiger partial charge >= 0.3 is 0 Å². The molecule has 2 fully saturated rings. The summed E-state index contributed by atoms with van der Waals surface area (Å²) in [7, 11) is 1.38. The van der Waals surface area contributed by atoms with Gasteiger partial charge < -0.3 is 20.5 Å². The van der Waals surface area contributed by atoms with Crippen LogP contribution in [0, 0.1) is 11.7 Å². The van der Waals surface area contributed by atoms with Crippen LogP contribution >= 0.6 is 0 Å². The van der Waals surface area contributed by atoms with Crippen molar-refractivity contribution in [1.82, 2.24) is 5.32 Å². The molecule has 1 saturated carbocycles. The highest BCUT2D eigenvalue weighted by atomic mass is 19.1. The first-order valence-corrected chi connectivity index (χ1v) is 6.63. The molecule has 0 radical (unpaired) electrons. The molecule has 2 aliphatic rings. The quantitative estimate of drug-likeness (QED) is 0.854. The second kappa shape index (κ2) is 5.03. The van der Waals surface area contributed by atoms with Crippen LogP contribution in [0.15, 0.2) is 18.2 Å². The van der Waals surface area contributed by atoms with Gasteiger partial charge in [0.15, 0.2) is 11.6 Å². The molecule has 1 aromatic carbocycles. The summed E-state index contributed by atoms with van der Waals surface area (Å²) >= 11 is 0. The highest BCUT2D eigenvalue weighted by Crippen LogP contribution is 2.37. The van der Waals surface area contributed by atoms with E-state index in [1.807, 2.05) is 0 Å². The molecule has 1 aliphatic carbocycles. The van der Waals surface area contributed by atoms with Crippen LogP contribution in [-0.2, 0) is 4.74 Å². The largest absolute Gasteiger partial charge is 0.494 e. The van der Waals surface area contributed by atoms with Crippen molar-refractivity contribution in [2.24, 2.45) is 11.7 Å². The molecule has 20 heavy (non-hydrogen) atoms. The van der Waals surface area contributed by atoms with Gasteiger partial charge in [0.25, 0.3) is 5.91 Å². The molecule has 108 valence electrons. The van der Waals surface area contributed by atoms with Crippen molar-refractivity contribution in [3.8, 4) is 5.75 Å². The van der Waals surface area contributed by atoms with Gasteiger partial charge in [-0.3, -0.25) is 4.79 Å². The molecule has 1 aliphatic heterocycles. The zero-order valence-electron chi connectivity index (χ0n) is 11.1. The summed E-state index contributed by atoms with van der Waals surface area (Å²) in [6.07, 6.45) is 0.937. The molecule has 1 amide bonds. The van der Waals surface area contributed by atoms with E-state index in [0.717, 1.165) is 12.5 Å². The predicted molar refractivity (Wildman–Crippen MR) is 70.0 cm³/mol. The van der Waals surface area contributed by atoms with Crippen molar-refractivity contribution >= 4 is 5.91 Å². The van der Waals surface area contributed by atoms with E-state index in [2.05, 4.69) is 5.32 Å². The number of hydrogen-bond acceptors (Lipinski definition) is 4. The number of nitrogens with one attached hydrogen (secondary N) is 1. The Labute approximate surface area is 116 Å². The fourth-order valence-corrected chi connectivity index (χ4v) is 2.97. The Kier molecular flexibility index (Phi) is 3.35. The summed E-state index contributed by atoms with van der Waals surface area (Å²) in [6, 6.07) is 3.83. The maximum Gasteiger partial charge on any atom is 0.251 e. The second-order valence-electron chi connectivity index (χ2n) is 5.21. The van der Waals surface area contributed by atoms with E-state index in [1.165, 1.54) is 19.2 Å². The summed E-state index contributed by atoms with van der Waals surface area (Å²) in [4.78, 5) is 12.1. The molecular weight excluding hydrogens is 263 g/mol. The van der Waals surface area contributed by atoms with E-state index in [-0.39, 0.29) is 35.4 Å². The fraction of sp³-hybridized carbons (Fsp3) is 0.500. The SMILES string of the molecule is COc1ccc(C(=O)NC2C(N)C3CCOC32)cc1F. The van der Waals surface area contributed by atoms with Gasteiger partial charge in [0, 0.05) is 24.1 Å². The Morgan fingerprint density at radius 3 is 3.05 bits per heavy atom. The molecule has 4 atom stereocenters. The number of halogens is 1. The summed E-state index contributed by atoms with van der Waals surface area (Å²) < 4.78 is 23.9. The average Bonchev–Trinajstić information content (AvgIpc) is 2.89. The molecule has 1 heterocycles. The summed E-state index contributed by atoms with van der Waals surface area (Å²) in [5.41, 5.74) is 6.27. The maximum atomic E-state index is 13.6. The third-order valence-corrected chi connectivity index (χ3v) is 4.16. The summed E-state index contributed by atoms with van der Waals surface area (Å²) in [5.74, 6) is -0.469. The van der Waals surface area contributed by atoms with Crippen LogP contribution < -0.4 is 15.8 Å². The molecule has 4 unspecified atom stereocenters. The highest BCUT2D eigenvalue weighted by molar-refractivity contribution is 5.94. The monoisotopic (exact) mass is 280 g/mol. The number of carbonyl (C=O) groups is 1. The van der Waals surface area contributed by atoms with E-state index in [9.17, 15) is 9.18 Å². The topological polar surface area (TPSA) is 73.6 Å². The number of fused-ring (bicyclic) bond motifs is 1. The van der Waals surface area contributed by atoms with Gasteiger partial charge in [-0.2, -0.15) is 0 Å². The van der Waals surface area contributed by atoms with Gasteiger partial charge in [-0.15, -0.1) is 0 Å². The molecule has 3 N–H and O–H groups in total. The number of rotatable bonds is 3. The zero-order chi connectivity index (χ0) is 14.3. The normalized spacial score (nSPS) is 31.4. The van der Waals surface area contributed by atoms with Gasteiger partial charge in [-0.05, 0) is 24.6 Å². The Balaban J connectivity index is 1.69. The van der Waals surface area contributed by atoms with Crippen molar-refractivity contribution < 1.29 is 18.7 Å². The number of amides is 1. The molecule has 1 saturated heterocycles. The minimum atomic E-state index is -0.562. The molecule has 6 heteroatoms. The van der Waals surface area contributed by atoms with E-state index < -0.39 is 5.82 Å². The molecule has 3 rings (SSSR count). The molecule has 0 aromatic heterocycles. The van der Waals surface area contributed by atoms with Crippen molar-refractivity contribution in [3.05, 3.63) is 29.6 Å². The van der Waals surface area contributed by atoms with Crippen LogP contribution in [0.5, 0.6) is 5.75 Å². The van der Waals surface area contributed by atoms with Crippen LogP contribution in [0.4, 0.5) is 4.39 Å². The molecule has 0 spiro atoms. The zero-order valence-corrected chi connectivity index (χ0v) is 11.1. The van der Waals surface area contributed by atoms with Gasteiger partial charge in [-0.1, -0.05) is 0 Å². The van der Waals surface area contributed by atoms with Crippen molar-refractivity contribution in [1.29, 1.82) is 0 Å². The number of methoxy groups -OCH3 is 1. The summed E-state index contributed by atoms with van der Waals surface area (Å²) in [5, 5.41) is 2.82. The lowest BCUT2D eigenvalue weighted by Crippen LogP contribution is -2.68. The number of benzene rings is 1. The Hall–Kier alpha value is -1.66. The lowest BCUT2D eigenvalue weighted by atomic mass is 9.72. The van der Waals surface area contributed by atoms with E-state index in [1.54, 1.807) is 0 Å². The Bertz CT molecular complexity index is 537. The Morgan fingerprint density at radius 1 is 1.55 bits per heavy atom. The van der Waals surface area contributed by atoms with E-state index >= 15 is 0 Å². The molecular formula is C14H17FN2O3. The third kappa shape index (κ3) is 2.05. The standard InChI is InChI=1S/C14H17FN2O3/c1-19-10-3-2-7(6-9(10)15)14(18)17-12-11(16)8-4-5-20-13(8)12/h2-3,6,8,11-13H,4-5,16H2,1H3,(H,17,18). The lowest BCUT2D eigenvalue weighted by molar-refractivity contribution is -0.0161. The number of carbonyl (C=O) groups excluding carboxylic acids is 1. The lowest BCUT2D eigenvalue weighted by Gasteiger charge is -2.45. The number of hydrogen-bond donors (Lipinski definition) is 2. The summed E-state index contributed by atoms with van der Waals surface area (Å²) in [6.45, 7) is 0.687. The van der Waals surface area contributed by atoms with Crippen LogP contribution in [0.25, 0.3) is 0 Å². The van der Waals surface area contributed by atoms with Gasteiger partial charge in [0.2, 0.25) is 0 Å². The van der Waals surface area contributed by atoms with Crippen molar-refractivity contribution in [3.63, 3.8) is 0 Å². The molecule has 0 bridgehead atoms. The first kappa shape index (κ1) is 13.3. The highest BCUT2D eigenvalue weighted by Gasteiger charge is 2.52. The first-order chi connectivity index (χ1) is 9.61. The van der Waals surface area contributed by atoms with E-state index in [0.29, 0.717) is 12.5 Å². The minimum Gasteiger partial charge on any atom is -0.494 e. The smallest absolute Gasteiger partial charge is 0.251 e. The fourth-order valence-electron chi connectivity index (χ4n) is 2.97. The number of ether oxygens (including phenoxy) is 2. The van der Waals surface area contributed by atoms with E-state index in [4.69, 9.17) is 15.2 Å². The van der Waals surface area contributed by atoms with Crippen LogP contribution in [-0.4, -0.2) is 37.8 Å². The predicted octanol–water partition coefficient (Wildman–Crippen LogP) is 0.679. The van der Waals surface area contributed by atoms with Crippen LogP contribution in [0.3, 0.4) is 0 Å². The van der Waals surface area contributed by atoms with Crippen molar-refractivity contribution in [2.45, 2.75) is 24.6 Å². The molecule has 1 aromatic rings. The van der Waals surface area contributed by atoms with Gasteiger partial charge in [0.1, 0.15) is 0 Å². The average molecular weight is 280 g/mol. The van der Waals surface area contributed by atoms with Crippen LogP contribution in [0.1, 0.15) is 16.8 Å². The second-order valence-corrected chi connectivity index (χ2v) is 5.21. The third-order valence-electron chi connectivity index (χ3n) is 4.16.